The van der Waals surface area contributed by atoms with Crippen molar-refractivity contribution in [2.24, 2.45) is 5.92 Å². The maximum Gasteiger partial charge on any atom is 0.166 e. The molecule has 1 aliphatic rings. The van der Waals surface area contributed by atoms with E-state index in [1.54, 1.807) is 36.4 Å². The number of benzene rings is 3. The van der Waals surface area contributed by atoms with Crippen LogP contribution in [0.25, 0.3) is 27.8 Å². The highest BCUT2D eigenvalue weighted by atomic mass is 19.2. The minimum absolute atomic E-state index is 0.193. The van der Waals surface area contributed by atoms with Crippen molar-refractivity contribution in [2.75, 3.05) is 0 Å². The van der Waals surface area contributed by atoms with Crippen LogP contribution in [0, 0.1) is 23.4 Å². The summed E-state index contributed by atoms with van der Waals surface area (Å²) in [6, 6.07) is 16.3. The molecule has 0 aliphatic heterocycles. The molecular formula is C28H25F3. The molecule has 0 aromatic heterocycles. The van der Waals surface area contributed by atoms with Gasteiger partial charge < -0.3 is 0 Å². The third-order valence-corrected chi connectivity index (χ3v) is 6.10. The Morgan fingerprint density at radius 3 is 2.19 bits per heavy atom. The predicted octanol–water partition coefficient (Wildman–Crippen LogP) is 8.59. The van der Waals surface area contributed by atoms with Crippen LogP contribution in [0.1, 0.15) is 37.7 Å². The van der Waals surface area contributed by atoms with E-state index in [9.17, 15) is 13.2 Å². The van der Waals surface area contributed by atoms with Crippen LogP contribution in [0.5, 0.6) is 0 Å². The number of allylic oxidation sites excluding steroid dienone is 3. The lowest BCUT2D eigenvalue weighted by atomic mass is 9.84. The van der Waals surface area contributed by atoms with Crippen molar-refractivity contribution in [1.82, 2.24) is 0 Å². The fourth-order valence-electron chi connectivity index (χ4n) is 4.27. The van der Waals surface area contributed by atoms with Crippen LogP contribution < -0.4 is 0 Å². The molecule has 3 heteroatoms. The highest BCUT2D eigenvalue weighted by Gasteiger charge is 2.16. The normalized spacial score (nSPS) is 16.1. The van der Waals surface area contributed by atoms with Crippen molar-refractivity contribution in [2.45, 2.75) is 32.1 Å². The van der Waals surface area contributed by atoms with Gasteiger partial charge in [-0.15, -0.1) is 6.58 Å². The molecule has 1 aliphatic carbocycles. The smallest absolute Gasteiger partial charge is 0.166 e. The summed E-state index contributed by atoms with van der Waals surface area (Å²) in [7, 11) is 0. The van der Waals surface area contributed by atoms with Gasteiger partial charge in [-0.25, -0.2) is 13.2 Å². The second-order valence-electron chi connectivity index (χ2n) is 8.11. The molecule has 0 saturated heterocycles. The fraction of sp³-hybridized carbons (Fsp3) is 0.214. The Morgan fingerprint density at radius 2 is 1.55 bits per heavy atom. The average molecular weight is 419 g/mol. The summed E-state index contributed by atoms with van der Waals surface area (Å²) in [5.41, 5.74) is 4.08. The molecule has 0 heterocycles. The first-order chi connectivity index (χ1) is 15.1. The Labute approximate surface area is 181 Å². The summed E-state index contributed by atoms with van der Waals surface area (Å²) < 4.78 is 42.5. The first-order valence-electron chi connectivity index (χ1n) is 10.7. The van der Waals surface area contributed by atoms with Gasteiger partial charge in [0.05, 0.1) is 0 Å². The first kappa shape index (κ1) is 21.2. The summed E-state index contributed by atoms with van der Waals surface area (Å²) in [5, 5.41) is 0. The topological polar surface area (TPSA) is 0 Å². The lowest BCUT2D eigenvalue weighted by Gasteiger charge is -2.22. The van der Waals surface area contributed by atoms with E-state index >= 15 is 0 Å². The summed E-state index contributed by atoms with van der Waals surface area (Å²) in [4.78, 5) is 0. The van der Waals surface area contributed by atoms with E-state index in [0.717, 1.165) is 43.7 Å². The van der Waals surface area contributed by atoms with E-state index in [2.05, 4.69) is 12.7 Å². The lowest BCUT2D eigenvalue weighted by molar-refractivity contribution is 0.454. The third-order valence-electron chi connectivity index (χ3n) is 6.10. The SMILES string of the molecule is C=CCCC1CC=C(c2ccc(-c3ccc(-c4cccc(F)c4F)cc3)c(F)c2)CC1. The number of rotatable bonds is 6. The number of hydrogen-bond acceptors (Lipinski definition) is 0. The standard InChI is InChI=1S/C28H25F3/c1-2-3-5-19-8-10-20(11-9-19)23-16-17-24(27(30)18-23)21-12-14-22(15-13-21)25-6-4-7-26(29)28(25)31/h2,4,6-7,10,12-19H,1,3,5,8-9,11H2. The van der Waals surface area contributed by atoms with Crippen molar-refractivity contribution in [3.8, 4) is 22.3 Å². The maximum atomic E-state index is 14.9. The van der Waals surface area contributed by atoms with Crippen LogP contribution in [0.3, 0.4) is 0 Å². The van der Waals surface area contributed by atoms with Gasteiger partial charge in [-0.2, -0.15) is 0 Å². The van der Waals surface area contributed by atoms with E-state index < -0.39 is 11.6 Å². The second-order valence-corrected chi connectivity index (χ2v) is 8.11. The van der Waals surface area contributed by atoms with E-state index in [4.69, 9.17) is 0 Å². The quantitative estimate of drug-likeness (QED) is 0.352. The van der Waals surface area contributed by atoms with Crippen molar-refractivity contribution in [3.63, 3.8) is 0 Å². The molecule has 0 fully saturated rings. The molecular weight excluding hydrogens is 393 g/mol. The van der Waals surface area contributed by atoms with Crippen LogP contribution in [-0.4, -0.2) is 0 Å². The van der Waals surface area contributed by atoms with E-state index in [-0.39, 0.29) is 11.4 Å². The highest BCUT2D eigenvalue weighted by Crippen LogP contribution is 2.35. The summed E-state index contributed by atoms with van der Waals surface area (Å²) in [6.45, 7) is 3.79. The zero-order chi connectivity index (χ0) is 21.8. The van der Waals surface area contributed by atoms with Gasteiger partial charge in [0.25, 0.3) is 0 Å². The second kappa shape index (κ2) is 9.38. The van der Waals surface area contributed by atoms with Crippen LogP contribution >= 0.6 is 0 Å². The molecule has 0 radical (unpaired) electrons. The minimum Gasteiger partial charge on any atom is -0.206 e. The molecule has 3 aromatic carbocycles. The zero-order valence-electron chi connectivity index (χ0n) is 17.4. The molecule has 3 aromatic rings. The van der Waals surface area contributed by atoms with Gasteiger partial charge in [-0.1, -0.05) is 60.7 Å². The van der Waals surface area contributed by atoms with Gasteiger partial charge in [0, 0.05) is 11.1 Å². The van der Waals surface area contributed by atoms with Crippen molar-refractivity contribution in [3.05, 3.63) is 102 Å². The molecule has 1 unspecified atom stereocenters. The van der Waals surface area contributed by atoms with Crippen molar-refractivity contribution >= 4 is 5.57 Å². The van der Waals surface area contributed by atoms with Crippen LogP contribution in [0.2, 0.25) is 0 Å². The monoisotopic (exact) mass is 418 g/mol. The summed E-state index contributed by atoms with van der Waals surface area (Å²) in [5.74, 6) is -1.35. The third kappa shape index (κ3) is 4.66. The molecule has 0 saturated carbocycles. The molecule has 31 heavy (non-hydrogen) atoms. The Balaban J connectivity index is 1.53. The molecule has 0 amide bonds. The van der Waals surface area contributed by atoms with E-state index in [1.165, 1.54) is 17.7 Å². The molecule has 1 atom stereocenters. The largest absolute Gasteiger partial charge is 0.206 e. The summed E-state index contributed by atoms with van der Waals surface area (Å²) in [6.07, 6.45) is 9.54. The van der Waals surface area contributed by atoms with Crippen LogP contribution in [-0.2, 0) is 0 Å². The van der Waals surface area contributed by atoms with Gasteiger partial charge in [0.1, 0.15) is 5.82 Å². The molecule has 4 rings (SSSR count). The molecule has 158 valence electrons. The fourth-order valence-corrected chi connectivity index (χ4v) is 4.27. The Bertz CT molecular complexity index is 1110. The van der Waals surface area contributed by atoms with E-state index in [0.29, 0.717) is 22.6 Å². The number of hydrogen-bond donors (Lipinski definition) is 0. The average Bonchev–Trinajstić information content (AvgIpc) is 2.80. The predicted molar refractivity (Wildman–Crippen MR) is 122 cm³/mol. The van der Waals surface area contributed by atoms with Gasteiger partial charge in [0.2, 0.25) is 0 Å². The van der Waals surface area contributed by atoms with Gasteiger partial charge in [-0.05, 0) is 72.4 Å². The minimum atomic E-state index is -0.882. The van der Waals surface area contributed by atoms with Crippen LogP contribution in [0.4, 0.5) is 13.2 Å². The zero-order valence-corrected chi connectivity index (χ0v) is 17.4. The van der Waals surface area contributed by atoms with Crippen LogP contribution in [0.15, 0.2) is 79.4 Å². The van der Waals surface area contributed by atoms with Gasteiger partial charge in [-0.3, -0.25) is 0 Å². The Morgan fingerprint density at radius 1 is 0.839 bits per heavy atom. The Hall–Kier alpha value is -3.07. The molecule has 0 bridgehead atoms. The van der Waals surface area contributed by atoms with Crippen molar-refractivity contribution < 1.29 is 13.2 Å². The summed E-state index contributed by atoms with van der Waals surface area (Å²) >= 11 is 0. The van der Waals surface area contributed by atoms with Gasteiger partial charge >= 0.3 is 0 Å². The first-order valence-corrected chi connectivity index (χ1v) is 10.7. The molecule has 0 spiro atoms. The Kier molecular flexibility index (Phi) is 6.41. The van der Waals surface area contributed by atoms with Crippen molar-refractivity contribution in [1.29, 1.82) is 0 Å². The molecule has 0 nitrogen and oxygen atoms in total. The maximum absolute atomic E-state index is 14.9. The highest BCUT2D eigenvalue weighted by molar-refractivity contribution is 5.74. The lowest BCUT2D eigenvalue weighted by Crippen LogP contribution is -2.05. The van der Waals surface area contributed by atoms with Gasteiger partial charge in [0.15, 0.2) is 11.6 Å². The number of halogens is 3. The van der Waals surface area contributed by atoms with E-state index in [1.807, 2.05) is 12.1 Å². The molecule has 0 N–H and O–H groups in total.